The molecule has 2 heterocycles. The van der Waals surface area contributed by atoms with E-state index in [2.05, 4.69) is 29.2 Å². The molecule has 5 rings (SSSR count). The van der Waals surface area contributed by atoms with Gasteiger partial charge in [-0.05, 0) is 55.2 Å². The minimum atomic E-state index is -1.10. The number of ether oxygens (including phenoxy) is 3. The van der Waals surface area contributed by atoms with Gasteiger partial charge in [0.1, 0.15) is 17.9 Å². The van der Waals surface area contributed by atoms with E-state index in [0.29, 0.717) is 5.69 Å². The number of aromatic carboxylic acids is 1. The van der Waals surface area contributed by atoms with Crippen LogP contribution in [0.3, 0.4) is 0 Å². The van der Waals surface area contributed by atoms with Crippen LogP contribution in [0.4, 0.5) is 9.59 Å². The molecule has 1 saturated heterocycles. The molecule has 0 radical (unpaired) electrons. The summed E-state index contributed by atoms with van der Waals surface area (Å²) in [6.07, 6.45) is -1.59. The lowest BCUT2D eigenvalue weighted by molar-refractivity contribution is 0.0237. The molecule has 2 N–H and O–H groups in total. The number of nitrogens with zero attached hydrogens (tertiary/aromatic N) is 2. The van der Waals surface area contributed by atoms with E-state index < -0.39 is 35.9 Å². The molecule has 0 spiro atoms. The highest BCUT2D eigenvalue weighted by Gasteiger charge is 2.43. The van der Waals surface area contributed by atoms with Crippen LogP contribution in [-0.2, 0) is 20.8 Å². The lowest BCUT2D eigenvalue weighted by atomic mass is 9.98. The van der Waals surface area contributed by atoms with Gasteiger partial charge < -0.3 is 29.2 Å². The fourth-order valence-corrected chi connectivity index (χ4v) is 5.60. The summed E-state index contributed by atoms with van der Waals surface area (Å²) in [6.45, 7) is 5.94. The number of likely N-dealkylation sites (tertiary alicyclic amines) is 1. The molecule has 2 amide bonds. The number of benzene rings is 2. The highest BCUT2D eigenvalue weighted by Crippen LogP contribution is 2.44. The van der Waals surface area contributed by atoms with E-state index in [-0.39, 0.29) is 37.9 Å². The first kappa shape index (κ1) is 28.2. The summed E-state index contributed by atoms with van der Waals surface area (Å²) in [4.78, 5) is 44.0. The minimum Gasteiger partial charge on any atom is -0.477 e. The van der Waals surface area contributed by atoms with E-state index in [4.69, 9.17) is 14.2 Å². The second-order valence-electron chi connectivity index (χ2n) is 11.4. The summed E-state index contributed by atoms with van der Waals surface area (Å²) in [6, 6.07) is 18.7. The number of aromatic nitrogens is 1. The molecule has 216 valence electrons. The number of aromatic amines is 1. The molecule has 1 fully saturated rings. The number of H-pyrrole nitrogens is 1. The first-order valence-electron chi connectivity index (χ1n) is 13.6. The first-order valence-corrected chi connectivity index (χ1v) is 13.6. The van der Waals surface area contributed by atoms with Gasteiger partial charge in [0, 0.05) is 25.3 Å². The Kier molecular flexibility index (Phi) is 7.77. The Morgan fingerprint density at radius 3 is 2.17 bits per heavy atom. The summed E-state index contributed by atoms with van der Waals surface area (Å²) in [5.41, 5.74) is 4.28. The summed E-state index contributed by atoms with van der Waals surface area (Å²) < 4.78 is 17.2. The molecule has 1 aliphatic carbocycles. The summed E-state index contributed by atoms with van der Waals surface area (Å²) in [7, 11) is 1.53. The van der Waals surface area contributed by atoms with E-state index in [1.165, 1.54) is 23.0 Å². The molecule has 2 aliphatic rings. The van der Waals surface area contributed by atoms with Crippen molar-refractivity contribution in [2.45, 2.75) is 51.0 Å². The largest absolute Gasteiger partial charge is 0.477 e. The third kappa shape index (κ3) is 5.92. The molecule has 3 aromatic rings. The summed E-state index contributed by atoms with van der Waals surface area (Å²) >= 11 is 0. The number of hydrogen-bond donors (Lipinski definition) is 2. The van der Waals surface area contributed by atoms with Crippen molar-refractivity contribution in [1.29, 1.82) is 0 Å². The molecule has 0 saturated carbocycles. The van der Waals surface area contributed by atoms with Crippen molar-refractivity contribution in [3.8, 4) is 11.1 Å². The number of rotatable bonds is 7. The van der Waals surface area contributed by atoms with Crippen LogP contribution in [0.15, 0.2) is 60.7 Å². The van der Waals surface area contributed by atoms with E-state index in [1.807, 2.05) is 24.3 Å². The van der Waals surface area contributed by atoms with Gasteiger partial charge in [0.2, 0.25) is 0 Å². The third-order valence-electron chi connectivity index (χ3n) is 7.48. The lowest BCUT2D eigenvalue weighted by Gasteiger charge is -2.31. The third-order valence-corrected chi connectivity index (χ3v) is 7.48. The molecule has 10 heteroatoms. The Morgan fingerprint density at radius 1 is 0.976 bits per heavy atom. The van der Waals surface area contributed by atoms with Gasteiger partial charge in [-0.15, -0.1) is 0 Å². The van der Waals surface area contributed by atoms with Crippen molar-refractivity contribution < 1.29 is 33.7 Å². The van der Waals surface area contributed by atoms with Crippen molar-refractivity contribution >= 4 is 18.2 Å². The van der Waals surface area contributed by atoms with Crippen LogP contribution in [0, 0.1) is 0 Å². The topological polar surface area (TPSA) is 121 Å². The van der Waals surface area contributed by atoms with Crippen LogP contribution in [0.5, 0.6) is 0 Å². The molecule has 2 aromatic carbocycles. The summed E-state index contributed by atoms with van der Waals surface area (Å²) in [5, 5.41) is 9.37. The number of fused-ring (bicyclic) bond motifs is 3. The van der Waals surface area contributed by atoms with Crippen molar-refractivity contribution in [3.05, 3.63) is 83.2 Å². The maximum absolute atomic E-state index is 13.8. The van der Waals surface area contributed by atoms with Gasteiger partial charge in [-0.25, -0.2) is 14.4 Å². The van der Waals surface area contributed by atoms with Gasteiger partial charge in [0.15, 0.2) is 0 Å². The zero-order valence-corrected chi connectivity index (χ0v) is 23.6. The average molecular weight is 562 g/mol. The Balaban J connectivity index is 1.39. The Hall–Kier alpha value is -4.31. The van der Waals surface area contributed by atoms with E-state index in [0.717, 1.165) is 22.3 Å². The van der Waals surface area contributed by atoms with Gasteiger partial charge in [0.05, 0.1) is 25.2 Å². The SMILES string of the molecule is CO[C@@H]1CN(C(=O)OC(C)(C)C)C[C@H]1N(Cc1ccc(C(=O)O)[nH]1)C(=O)OCC1c2ccccc2-c2ccccc21. The summed E-state index contributed by atoms with van der Waals surface area (Å²) in [5.74, 6) is -1.23. The van der Waals surface area contributed by atoms with Gasteiger partial charge in [-0.1, -0.05) is 48.5 Å². The predicted molar refractivity (Wildman–Crippen MR) is 151 cm³/mol. The number of hydrogen-bond acceptors (Lipinski definition) is 6. The molecule has 1 aliphatic heterocycles. The Bertz CT molecular complexity index is 1400. The van der Waals surface area contributed by atoms with Crippen molar-refractivity contribution in [1.82, 2.24) is 14.8 Å². The van der Waals surface area contributed by atoms with Crippen molar-refractivity contribution in [3.63, 3.8) is 0 Å². The number of carbonyl (C=O) groups is 3. The number of carbonyl (C=O) groups excluding carboxylic acids is 2. The predicted octanol–water partition coefficient (Wildman–Crippen LogP) is 5.10. The second kappa shape index (κ2) is 11.3. The molecule has 10 nitrogen and oxygen atoms in total. The molecule has 2 atom stereocenters. The molecule has 41 heavy (non-hydrogen) atoms. The Morgan fingerprint density at radius 2 is 1.61 bits per heavy atom. The van der Waals surface area contributed by atoms with Crippen LogP contribution in [0.2, 0.25) is 0 Å². The number of amides is 2. The highest BCUT2D eigenvalue weighted by atomic mass is 16.6. The van der Waals surface area contributed by atoms with E-state index in [1.54, 1.807) is 26.8 Å². The monoisotopic (exact) mass is 561 g/mol. The smallest absolute Gasteiger partial charge is 0.410 e. The van der Waals surface area contributed by atoms with Crippen LogP contribution in [-0.4, -0.2) is 82.6 Å². The quantitative estimate of drug-likeness (QED) is 0.412. The highest BCUT2D eigenvalue weighted by molar-refractivity contribution is 5.85. The van der Waals surface area contributed by atoms with E-state index in [9.17, 15) is 19.5 Å². The minimum absolute atomic E-state index is 0.0116. The van der Waals surface area contributed by atoms with Crippen LogP contribution < -0.4 is 0 Å². The molecule has 0 unspecified atom stereocenters. The van der Waals surface area contributed by atoms with Gasteiger partial charge in [-0.3, -0.25) is 4.90 Å². The maximum Gasteiger partial charge on any atom is 0.410 e. The zero-order chi connectivity index (χ0) is 29.3. The fraction of sp³-hybridized carbons (Fsp3) is 0.387. The molecule has 1 aromatic heterocycles. The van der Waals surface area contributed by atoms with Gasteiger partial charge in [-0.2, -0.15) is 0 Å². The van der Waals surface area contributed by atoms with Crippen molar-refractivity contribution in [2.24, 2.45) is 0 Å². The Labute approximate surface area is 238 Å². The first-order chi connectivity index (χ1) is 19.6. The van der Waals surface area contributed by atoms with Crippen LogP contribution in [0.1, 0.15) is 54.0 Å². The van der Waals surface area contributed by atoms with Crippen molar-refractivity contribution in [2.75, 3.05) is 26.8 Å². The van der Waals surface area contributed by atoms with Gasteiger partial charge >= 0.3 is 18.2 Å². The number of carboxylic acid groups (broad SMARTS) is 1. The fourth-order valence-electron chi connectivity index (χ4n) is 5.60. The number of nitrogens with one attached hydrogen (secondary N) is 1. The van der Waals surface area contributed by atoms with Crippen LogP contribution in [0.25, 0.3) is 11.1 Å². The molecular weight excluding hydrogens is 526 g/mol. The standard InChI is InChI=1S/C31H35N3O7/c1-31(2,3)41-29(37)33-16-26(27(17-33)39-4)34(15-19-13-14-25(32-19)28(35)36)30(38)40-18-24-22-11-7-5-9-20(22)21-10-6-8-12-23(21)24/h5-14,24,26-27,32H,15-18H2,1-4H3,(H,35,36)/t26-,27-/m1/s1. The lowest BCUT2D eigenvalue weighted by Crippen LogP contribution is -2.47. The zero-order valence-electron chi connectivity index (χ0n) is 23.6. The molecule has 0 bridgehead atoms. The molecular formula is C31H35N3O7. The van der Waals surface area contributed by atoms with E-state index >= 15 is 0 Å². The normalized spacial score (nSPS) is 18.1. The number of methoxy groups -OCH3 is 1. The van der Waals surface area contributed by atoms with Gasteiger partial charge in [0.25, 0.3) is 0 Å². The maximum atomic E-state index is 13.8. The second-order valence-corrected chi connectivity index (χ2v) is 11.4. The van der Waals surface area contributed by atoms with Crippen LogP contribution >= 0.6 is 0 Å². The average Bonchev–Trinajstić information content (AvgIpc) is 3.65. The number of carboxylic acids is 1.